The summed E-state index contributed by atoms with van der Waals surface area (Å²) in [5, 5.41) is 4.41. The molecule has 1 atom stereocenters. The number of methoxy groups -OCH3 is 1. The lowest BCUT2D eigenvalue weighted by atomic mass is 9.88. The fraction of sp³-hybridized carbons (Fsp3) is 0.500. The molecule has 1 N–H and O–H groups in total. The molecule has 1 saturated heterocycles. The summed E-state index contributed by atoms with van der Waals surface area (Å²) in [5.41, 5.74) is 2.82. The van der Waals surface area contributed by atoms with Crippen molar-refractivity contribution in [3.8, 4) is 0 Å². The van der Waals surface area contributed by atoms with Crippen molar-refractivity contribution in [2.75, 3.05) is 45.2 Å². The highest BCUT2D eigenvalue weighted by Crippen LogP contribution is 2.40. The third-order valence-electron chi connectivity index (χ3n) is 6.28. The molecule has 1 aromatic carbocycles. The molecule has 32 heavy (non-hydrogen) atoms. The summed E-state index contributed by atoms with van der Waals surface area (Å²) in [7, 11) is 1.40. The zero-order chi connectivity index (χ0) is 22.7. The summed E-state index contributed by atoms with van der Waals surface area (Å²) in [6.45, 7) is 6.88. The standard InChI is InChI=1S/C24H30ClN3O3S/c1-16-6-7-19-20(12-16)32-23(22(19)24(30)31-2)26-21(29)15-28-10-8-27(9-11-28)14-17-4-3-5-18(25)13-17/h3-5,13,16H,6-12,14-15H2,1-2H3,(H,26,29). The predicted octanol–water partition coefficient (Wildman–Crippen LogP) is 4.07. The highest BCUT2D eigenvalue weighted by molar-refractivity contribution is 7.17. The first kappa shape index (κ1) is 23.2. The molecule has 1 fully saturated rings. The van der Waals surface area contributed by atoms with Gasteiger partial charge in [0.05, 0.1) is 19.2 Å². The molecule has 1 aliphatic heterocycles. The first-order valence-corrected chi connectivity index (χ1v) is 12.3. The highest BCUT2D eigenvalue weighted by Gasteiger charge is 2.29. The van der Waals surface area contributed by atoms with Gasteiger partial charge < -0.3 is 10.1 Å². The summed E-state index contributed by atoms with van der Waals surface area (Å²) in [4.78, 5) is 31.0. The number of esters is 1. The van der Waals surface area contributed by atoms with E-state index in [0.717, 1.165) is 62.6 Å². The topological polar surface area (TPSA) is 61.9 Å². The van der Waals surface area contributed by atoms with Crippen LogP contribution < -0.4 is 5.32 Å². The van der Waals surface area contributed by atoms with E-state index in [1.807, 2.05) is 18.2 Å². The van der Waals surface area contributed by atoms with Crippen molar-refractivity contribution >= 4 is 39.8 Å². The van der Waals surface area contributed by atoms with Gasteiger partial charge >= 0.3 is 5.97 Å². The average Bonchev–Trinajstić information content (AvgIpc) is 3.11. The monoisotopic (exact) mass is 475 g/mol. The Kier molecular flexibility index (Phi) is 7.51. The molecule has 1 aromatic heterocycles. The minimum Gasteiger partial charge on any atom is -0.465 e. The number of nitrogens with one attached hydrogen (secondary N) is 1. The van der Waals surface area contributed by atoms with E-state index < -0.39 is 0 Å². The van der Waals surface area contributed by atoms with E-state index in [1.165, 1.54) is 28.9 Å². The maximum atomic E-state index is 12.8. The van der Waals surface area contributed by atoms with Crippen LogP contribution in [-0.2, 0) is 28.9 Å². The molecule has 0 saturated carbocycles. The summed E-state index contributed by atoms with van der Waals surface area (Å²) in [6, 6.07) is 7.95. The van der Waals surface area contributed by atoms with Gasteiger partial charge in [-0.2, -0.15) is 0 Å². The number of anilines is 1. The lowest BCUT2D eigenvalue weighted by Gasteiger charge is -2.34. The summed E-state index contributed by atoms with van der Waals surface area (Å²) in [5.74, 6) is 0.158. The van der Waals surface area contributed by atoms with Crippen LogP contribution in [-0.4, -0.2) is 61.5 Å². The third-order valence-corrected chi connectivity index (χ3v) is 7.69. The molecule has 4 rings (SSSR count). The largest absolute Gasteiger partial charge is 0.465 e. The minimum absolute atomic E-state index is 0.0786. The molecular weight excluding hydrogens is 446 g/mol. The molecule has 6 nitrogen and oxygen atoms in total. The number of carbonyl (C=O) groups is 2. The van der Waals surface area contributed by atoms with Crippen LogP contribution in [0, 0.1) is 5.92 Å². The van der Waals surface area contributed by atoms with Crippen molar-refractivity contribution in [1.29, 1.82) is 0 Å². The molecule has 8 heteroatoms. The van der Waals surface area contributed by atoms with E-state index in [0.29, 0.717) is 23.0 Å². The number of thiophene rings is 1. The lowest BCUT2D eigenvalue weighted by Crippen LogP contribution is -2.48. The summed E-state index contributed by atoms with van der Waals surface area (Å²) < 4.78 is 5.02. The fourth-order valence-corrected chi connectivity index (χ4v) is 6.15. The number of rotatable bonds is 6. The van der Waals surface area contributed by atoms with Crippen LogP contribution in [0.4, 0.5) is 5.00 Å². The maximum absolute atomic E-state index is 12.8. The number of halogens is 1. The van der Waals surface area contributed by atoms with Gasteiger partial charge in [-0.1, -0.05) is 30.7 Å². The molecule has 172 valence electrons. The van der Waals surface area contributed by atoms with Crippen LogP contribution in [0.15, 0.2) is 24.3 Å². The zero-order valence-electron chi connectivity index (χ0n) is 18.7. The van der Waals surface area contributed by atoms with Crippen LogP contribution >= 0.6 is 22.9 Å². The van der Waals surface area contributed by atoms with Crippen molar-refractivity contribution in [2.24, 2.45) is 5.92 Å². The first-order chi connectivity index (χ1) is 15.4. The van der Waals surface area contributed by atoms with Crippen LogP contribution in [0.5, 0.6) is 0 Å². The number of ether oxygens (including phenoxy) is 1. The van der Waals surface area contributed by atoms with E-state index in [1.54, 1.807) is 0 Å². The molecular formula is C24H30ClN3O3S. The summed E-state index contributed by atoms with van der Waals surface area (Å²) in [6.07, 6.45) is 2.87. The average molecular weight is 476 g/mol. The smallest absolute Gasteiger partial charge is 0.341 e. The minimum atomic E-state index is -0.359. The molecule has 1 amide bonds. The van der Waals surface area contributed by atoms with Crippen molar-refractivity contribution in [2.45, 2.75) is 32.7 Å². The Bertz CT molecular complexity index is 985. The Morgan fingerprint density at radius 2 is 1.97 bits per heavy atom. The second-order valence-electron chi connectivity index (χ2n) is 8.78. The van der Waals surface area contributed by atoms with Gasteiger partial charge in [-0.25, -0.2) is 4.79 Å². The molecule has 2 heterocycles. The normalized spacial score (nSPS) is 19.4. The quantitative estimate of drug-likeness (QED) is 0.638. The third kappa shape index (κ3) is 5.52. The highest BCUT2D eigenvalue weighted by atomic mass is 35.5. The second-order valence-corrected chi connectivity index (χ2v) is 10.3. The van der Waals surface area contributed by atoms with E-state index in [2.05, 4.69) is 28.1 Å². The number of hydrogen-bond donors (Lipinski definition) is 1. The van der Waals surface area contributed by atoms with Gasteiger partial charge in [-0.05, 0) is 48.4 Å². The van der Waals surface area contributed by atoms with Crippen molar-refractivity contribution in [3.63, 3.8) is 0 Å². The van der Waals surface area contributed by atoms with E-state index in [4.69, 9.17) is 16.3 Å². The lowest BCUT2D eigenvalue weighted by molar-refractivity contribution is -0.117. The SMILES string of the molecule is COC(=O)c1c(NC(=O)CN2CCN(Cc3cccc(Cl)c3)CC2)sc2c1CCC(C)C2. The maximum Gasteiger partial charge on any atom is 0.341 e. The van der Waals surface area contributed by atoms with Crippen LogP contribution in [0.3, 0.4) is 0 Å². The van der Waals surface area contributed by atoms with E-state index in [-0.39, 0.29) is 11.9 Å². The van der Waals surface area contributed by atoms with Crippen molar-refractivity contribution in [1.82, 2.24) is 9.80 Å². The number of piperazine rings is 1. The molecule has 1 aliphatic carbocycles. The van der Waals surface area contributed by atoms with Crippen LogP contribution in [0.2, 0.25) is 5.02 Å². The van der Waals surface area contributed by atoms with Gasteiger partial charge in [0.15, 0.2) is 0 Å². The molecule has 0 spiro atoms. The molecule has 0 radical (unpaired) electrons. The van der Waals surface area contributed by atoms with E-state index >= 15 is 0 Å². The first-order valence-electron chi connectivity index (χ1n) is 11.1. The van der Waals surface area contributed by atoms with Crippen molar-refractivity contribution < 1.29 is 14.3 Å². The molecule has 2 aliphatic rings. The Morgan fingerprint density at radius 3 is 2.69 bits per heavy atom. The number of carbonyl (C=O) groups excluding carboxylic acids is 2. The number of benzene rings is 1. The van der Waals surface area contributed by atoms with Crippen LogP contribution in [0.25, 0.3) is 0 Å². The Morgan fingerprint density at radius 1 is 1.22 bits per heavy atom. The Balaban J connectivity index is 1.33. The summed E-state index contributed by atoms with van der Waals surface area (Å²) >= 11 is 7.62. The number of fused-ring (bicyclic) bond motifs is 1. The van der Waals surface area contributed by atoms with Gasteiger partial charge in [0, 0.05) is 42.6 Å². The fourth-order valence-electron chi connectivity index (χ4n) is 4.53. The number of hydrogen-bond acceptors (Lipinski definition) is 6. The molecule has 0 bridgehead atoms. The molecule has 1 unspecified atom stereocenters. The Hall–Kier alpha value is -1.93. The van der Waals surface area contributed by atoms with Gasteiger partial charge in [-0.15, -0.1) is 11.3 Å². The van der Waals surface area contributed by atoms with Crippen LogP contribution in [0.1, 0.15) is 39.7 Å². The second kappa shape index (κ2) is 10.3. The van der Waals surface area contributed by atoms with Gasteiger partial charge in [0.25, 0.3) is 0 Å². The number of amides is 1. The Labute approximate surface area is 198 Å². The predicted molar refractivity (Wildman–Crippen MR) is 129 cm³/mol. The zero-order valence-corrected chi connectivity index (χ0v) is 20.2. The van der Waals surface area contributed by atoms with Gasteiger partial charge in [0.1, 0.15) is 5.00 Å². The molecule has 2 aromatic rings. The van der Waals surface area contributed by atoms with Crippen molar-refractivity contribution in [3.05, 3.63) is 50.9 Å². The van der Waals surface area contributed by atoms with Gasteiger partial charge in [-0.3, -0.25) is 14.6 Å². The number of nitrogens with zero attached hydrogens (tertiary/aromatic N) is 2. The van der Waals surface area contributed by atoms with Gasteiger partial charge in [0.2, 0.25) is 5.91 Å². The van der Waals surface area contributed by atoms with E-state index in [9.17, 15) is 9.59 Å².